The van der Waals surface area contributed by atoms with E-state index in [0.29, 0.717) is 30.2 Å². The standard InChI is InChI=1S/C22H27N3O5/c1-28-20-12-16(6-7-19(20)30-15-21(26)25-8-2-3-9-25)11-17(13-23)22(27)24-14-18-5-4-10-29-18/h6-7,11-12,18H,2-5,8-10,14-15H2,1H3,(H,24,27)/b17-11+/t18-/m0/s1. The lowest BCUT2D eigenvalue weighted by Gasteiger charge is -2.16. The summed E-state index contributed by atoms with van der Waals surface area (Å²) < 4.78 is 16.5. The molecule has 1 atom stereocenters. The Morgan fingerprint density at radius 1 is 1.30 bits per heavy atom. The highest BCUT2D eigenvalue weighted by molar-refractivity contribution is 6.01. The SMILES string of the molecule is COc1cc(/C=C(\C#N)C(=O)NC[C@@H]2CCCO2)ccc1OCC(=O)N1CCCC1. The van der Waals surface area contributed by atoms with Crippen LogP contribution < -0.4 is 14.8 Å². The van der Waals surface area contributed by atoms with Gasteiger partial charge in [-0.3, -0.25) is 9.59 Å². The molecule has 2 saturated heterocycles. The Balaban J connectivity index is 1.62. The number of carbonyl (C=O) groups excluding carboxylic acids is 2. The van der Waals surface area contributed by atoms with Gasteiger partial charge < -0.3 is 24.4 Å². The monoisotopic (exact) mass is 413 g/mol. The lowest BCUT2D eigenvalue weighted by atomic mass is 10.1. The van der Waals surface area contributed by atoms with Gasteiger partial charge in [0.1, 0.15) is 11.6 Å². The first-order valence-corrected chi connectivity index (χ1v) is 10.2. The molecule has 2 aliphatic rings. The number of methoxy groups -OCH3 is 1. The van der Waals surface area contributed by atoms with Crippen LogP contribution in [0.1, 0.15) is 31.2 Å². The van der Waals surface area contributed by atoms with Crippen molar-refractivity contribution >= 4 is 17.9 Å². The van der Waals surface area contributed by atoms with Gasteiger partial charge in [-0.25, -0.2) is 0 Å². The molecule has 0 unspecified atom stereocenters. The van der Waals surface area contributed by atoms with E-state index >= 15 is 0 Å². The van der Waals surface area contributed by atoms with Crippen molar-refractivity contribution < 1.29 is 23.8 Å². The highest BCUT2D eigenvalue weighted by Gasteiger charge is 2.20. The summed E-state index contributed by atoms with van der Waals surface area (Å²) in [5, 5.41) is 12.1. The Kier molecular flexibility index (Phi) is 7.69. The second-order valence-corrected chi connectivity index (χ2v) is 7.30. The second-order valence-electron chi connectivity index (χ2n) is 7.30. The zero-order valence-electron chi connectivity index (χ0n) is 17.2. The predicted octanol–water partition coefficient (Wildman–Crippen LogP) is 1.90. The van der Waals surface area contributed by atoms with Gasteiger partial charge in [-0.2, -0.15) is 5.26 Å². The van der Waals surface area contributed by atoms with Gasteiger partial charge in [0.2, 0.25) is 0 Å². The molecule has 0 aliphatic carbocycles. The molecule has 0 bridgehead atoms. The third kappa shape index (κ3) is 5.74. The van der Waals surface area contributed by atoms with Crippen molar-refractivity contribution in [2.45, 2.75) is 31.8 Å². The van der Waals surface area contributed by atoms with E-state index in [0.717, 1.165) is 38.8 Å². The molecule has 0 spiro atoms. The van der Waals surface area contributed by atoms with Crippen LogP contribution in [0, 0.1) is 11.3 Å². The van der Waals surface area contributed by atoms with E-state index in [1.165, 1.54) is 13.2 Å². The van der Waals surface area contributed by atoms with Crippen LogP contribution >= 0.6 is 0 Å². The normalized spacial score (nSPS) is 18.7. The predicted molar refractivity (Wildman–Crippen MR) is 110 cm³/mol. The van der Waals surface area contributed by atoms with E-state index in [1.54, 1.807) is 23.1 Å². The number of benzene rings is 1. The topological polar surface area (TPSA) is 101 Å². The largest absolute Gasteiger partial charge is 0.493 e. The van der Waals surface area contributed by atoms with Crippen LogP contribution in [0.2, 0.25) is 0 Å². The van der Waals surface area contributed by atoms with E-state index in [2.05, 4.69) is 5.32 Å². The number of amides is 2. The van der Waals surface area contributed by atoms with Gasteiger partial charge in [-0.1, -0.05) is 6.07 Å². The number of nitriles is 1. The number of rotatable bonds is 8. The summed E-state index contributed by atoms with van der Waals surface area (Å²) in [4.78, 5) is 26.3. The van der Waals surface area contributed by atoms with Gasteiger partial charge >= 0.3 is 0 Å². The quantitative estimate of drug-likeness (QED) is 0.516. The number of hydrogen-bond donors (Lipinski definition) is 1. The molecule has 0 aromatic heterocycles. The first-order valence-electron chi connectivity index (χ1n) is 10.2. The Hall–Kier alpha value is -3.05. The molecule has 2 heterocycles. The molecule has 1 aromatic rings. The lowest BCUT2D eigenvalue weighted by Crippen LogP contribution is -2.32. The third-order valence-electron chi connectivity index (χ3n) is 5.19. The first-order chi connectivity index (χ1) is 14.6. The van der Waals surface area contributed by atoms with Crippen LogP contribution in [0.25, 0.3) is 6.08 Å². The number of carbonyl (C=O) groups is 2. The maximum absolute atomic E-state index is 12.3. The minimum absolute atomic E-state index is 0.00655. The highest BCUT2D eigenvalue weighted by Crippen LogP contribution is 2.29. The molecule has 1 aromatic carbocycles. The minimum atomic E-state index is -0.441. The molecular formula is C22H27N3O5. The molecule has 2 amide bonds. The van der Waals surface area contributed by atoms with Crippen molar-refractivity contribution in [3.63, 3.8) is 0 Å². The summed E-state index contributed by atoms with van der Waals surface area (Å²) in [5.41, 5.74) is 0.613. The summed E-state index contributed by atoms with van der Waals surface area (Å²) in [6, 6.07) is 6.98. The Morgan fingerprint density at radius 3 is 2.77 bits per heavy atom. The van der Waals surface area contributed by atoms with E-state index in [4.69, 9.17) is 14.2 Å². The number of nitrogens with zero attached hydrogens (tertiary/aromatic N) is 2. The van der Waals surface area contributed by atoms with Crippen LogP contribution in [0.4, 0.5) is 0 Å². The van der Waals surface area contributed by atoms with Gasteiger partial charge in [0, 0.05) is 26.2 Å². The molecule has 2 fully saturated rings. The van der Waals surface area contributed by atoms with Crippen molar-refractivity contribution in [2.75, 3.05) is 40.0 Å². The molecule has 0 radical (unpaired) electrons. The number of hydrogen-bond acceptors (Lipinski definition) is 6. The summed E-state index contributed by atoms with van der Waals surface area (Å²) in [5.74, 6) is 0.371. The average molecular weight is 413 g/mol. The maximum atomic E-state index is 12.3. The Morgan fingerprint density at radius 2 is 2.10 bits per heavy atom. The molecule has 0 saturated carbocycles. The molecule has 8 nitrogen and oxygen atoms in total. The Bertz CT molecular complexity index is 834. The van der Waals surface area contributed by atoms with E-state index in [9.17, 15) is 14.9 Å². The molecule has 2 aliphatic heterocycles. The minimum Gasteiger partial charge on any atom is -0.493 e. The highest BCUT2D eigenvalue weighted by atomic mass is 16.5. The smallest absolute Gasteiger partial charge is 0.262 e. The number of likely N-dealkylation sites (tertiary alicyclic amines) is 1. The summed E-state index contributed by atoms with van der Waals surface area (Å²) in [6.07, 6.45) is 5.45. The van der Waals surface area contributed by atoms with Crippen LogP contribution in [0.15, 0.2) is 23.8 Å². The fourth-order valence-electron chi connectivity index (χ4n) is 3.51. The van der Waals surface area contributed by atoms with Crippen LogP contribution in [0.5, 0.6) is 11.5 Å². The molecule has 30 heavy (non-hydrogen) atoms. The fourth-order valence-corrected chi connectivity index (χ4v) is 3.51. The number of ether oxygens (including phenoxy) is 3. The van der Waals surface area contributed by atoms with Gasteiger partial charge in [-0.05, 0) is 49.5 Å². The molecule has 3 rings (SSSR count). The van der Waals surface area contributed by atoms with Crippen LogP contribution in [0.3, 0.4) is 0 Å². The summed E-state index contributed by atoms with van der Waals surface area (Å²) >= 11 is 0. The van der Waals surface area contributed by atoms with Crippen molar-refractivity contribution in [3.05, 3.63) is 29.3 Å². The van der Waals surface area contributed by atoms with E-state index in [-0.39, 0.29) is 24.2 Å². The van der Waals surface area contributed by atoms with Crippen LogP contribution in [-0.4, -0.2) is 62.8 Å². The average Bonchev–Trinajstić information content (AvgIpc) is 3.48. The second kappa shape index (κ2) is 10.6. The zero-order valence-corrected chi connectivity index (χ0v) is 17.2. The van der Waals surface area contributed by atoms with Gasteiger partial charge in [0.05, 0.1) is 13.2 Å². The number of nitrogens with one attached hydrogen (secondary N) is 1. The zero-order chi connectivity index (χ0) is 21.3. The first kappa shape index (κ1) is 21.7. The van der Waals surface area contributed by atoms with E-state index < -0.39 is 5.91 Å². The molecule has 1 N–H and O–H groups in total. The van der Waals surface area contributed by atoms with E-state index in [1.807, 2.05) is 6.07 Å². The van der Waals surface area contributed by atoms with Gasteiger partial charge in [0.15, 0.2) is 18.1 Å². The van der Waals surface area contributed by atoms with Crippen LogP contribution in [-0.2, 0) is 14.3 Å². The third-order valence-corrected chi connectivity index (χ3v) is 5.19. The summed E-state index contributed by atoms with van der Waals surface area (Å²) in [7, 11) is 1.50. The lowest BCUT2D eigenvalue weighted by molar-refractivity contribution is -0.132. The molecule has 160 valence electrons. The van der Waals surface area contributed by atoms with Crippen molar-refractivity contribution in [1.82, 2.24) is 10.2 Å². The summed E-state index contributed by atoms with van der Waals surface area (Å²) in [6.45, 7) is 2.59. The van der Waals surface area contributed by atoms with Crippen molar-refractivity contribution in [2.24, 2.45) is 0 Å². The fraction of sp³-hybridized carbons (Fsp3) is 0.500. The van der Waals surface area contributed by atoms with Gasteiger partial charge in [-0.15, -0.1) is 0 Å². The molecular weight excluding hydrogens is 386 g/mol. The van der Waals surface area contributed by atoms with Crippen molar-refractivity contribution in [1.29, 1.82) is 5.26 Å². The van der Waals surface area contributed by atoms with Crippen molar-refractivity contribution in [3.8, 4) is 17.6 Å². The van der Waals surface area contributed by atoms with Gasteiger partial charge in [0.25, 0.3) is 11.8 Å². The molecule has 8 heteroatoms. The Labute approximate surface area is 176 Å². The maximum Gasteiger partial charge on any atom is 0.262 e.